The van der Waals surface area contributed by atoms with E-state index in [-0.39, 0.29) is 12.1 Å². The molecule has 0 radical (unpaired) electrons. The first-order valence-corrected chi connectivity index (χ1v) is 6.10. The molecule has 0 bridgehead atoms. The highest BCUT2D eigenvalue weighted by Gasteiger charge is 2.23. The zero-order chi connectivity index (χ0) is 13.7. The van der Waals surface area contributed by atoms with Crippen LogP contribution in [0.1, 0.15) is 5.56 Å². The SMILES string of the molecule is N#Cc1cccc(NC(=O)N2CCOC(CN)C2)c1. The Kier molecular flexibility index (Phi) is 4.34. The van der Waals surface area contributed by atoms with Gasteiger partial charge in [0, 0.05) is 25.3 Å². The van der Waals surface area contributed by atoms with Crippen LogP contribution in [0.3, 0.4) is 0 Å². The number of hydrogen-bond acceptors (Lipinski definition) is 4. The molecule has 1 aliphatic rings. The monoisotopic (exact) mass is 260 g/mol. The van der Waals surface area contributed by atoms with Crippen molar-refractivity contribution < 1.29 is 9.53 Å². The Labute approximate surface area is 111 Å². The maximum atomic E-state index is 12.1. The van der Waals surface area contributed by atoms with Crippen molar-refractivity contribution in [2.24, 2.45) is 5.73 Å². The predicted molar refractivity (Wildman–Crippen MR) is 70.5 cm³/mol. The molecule has 0 aliphatic carbocycles. The third-order valence-electron chi connectivity index (χ3n) is 2.93. The van der Waals surface area contributed by atoms with Crippen LogP contribution in [-0.2, 0) is 4.74 Å². The molecule has 2 rings (SSSR count). The molecule has 1 fully saturated rings. The highest BCUT2D eigenvalue weighted by molar-refractivity contribution is 5.89. The maximum absolute atomic E-state index is 12.1. The van der Waals surface area contributed by atoms with Gasteiger partial charge < -0.3 is 20.7 Å². The van der Waals surface area contributed by atoms with Gasteiger partial charge in [0.15, 0.2) is 0 Å². The van der Waals surface area contributed by atoms with Gasteiger partial charge in [0.05, 0.1) is 24.3 Å². The van der Waals surface area contributed by atoms with Crippen molar-refractivity contribution in [2.45, 2.75) is 6.10 Å². The first kappa shape index (κ1) is 13.3. The minimum atomic E-state index is -0.197. The molecule has 2 amide bonds. The van der Waals surface area contributed by atoms with E-state index in [2.05, 4.69) is 5.32 Å². The fraction of sp³-hybridized carbons (Fsp3) is 0.385. The highest BCUT2D eigenvalue weighted by atomic mass is 16.5. The van der Waals surface area contributed by atoms with Gasteiger partial charge in [-0.1, -0.05) is 6.07 Å². The lowest BCUT2D eigenvalue weighted by atomic mass is 10.2. The number of nitriles is 1. The molecule has 1 saturated heterocycles. The number of nitrogens with two attached hydrogens (primary N) is 1. The molecule has 1 aromatic rings. The zero-order valence-electron chi connectivity index (χ0n) is 10.5. The number of morpholine rings is 1. The summed E-state index contributed by atoms with van der Waals surface area (Å²) in [6.07, 6.45) is -0.107. The topological polar surface area (TPSA) is 91.4 Å². The van der Waals surface area contributed by atoms with Crippen LogP contribution in [-0.4, -0.2) is 43.3 Å². The van der Waals surface area contributed by atoms with Gasteiger partial charge in [-0.25, -0.2) is 4.79 Å². The highest BCUT2D eigenvalue weighted by Crippen LogP contribution is 2.12. The summed E-state index contributed by atoms with van der Waals surface area (Å²) in [4.78, 5) is 13.7. The summed E-state index contributed by atoms with van der Waals surface area (Å²) in [7, 11) is 0. The van der Waals surface area contributed by atoms with Crippen molar-refractivity contribution in [2.75, 3.05) is 31.6 Å². The Morgan fingerprint density at radius 3 is 3.21 bits per heavy atom. The number of urea groups is 1. The number of nitrogens with zero attached hydrogens (tertiary/aromatic N) is 2. The van der Waals surface area contributed by atoms with Gasteiger partial charge in [0.2, 0.25) is 0 Å². The summed E-state index contributed by atoms with van der Waals surface area (Å²) >= 11 is 0. The number of hydrogen-bond donors (Lipinski definition) is 2. The number of nitrogens with one attached hydrogen (secondary N) is 1. The Hall–Kier alpha value is -2.10. The van der Waals surface area contributed by atoms with Crippen LogP contribution in [0.5, 0.6) is 0 Å². The number of carbonyl (C=O) groups is 1. The average Bonchev–Trinajstić information content (AvgIpc) is 2.47. The van der Waals surface area contributed by atoms with Crippen molar-refractivity contribution in [3.63, 3.8) is 0 Å². The third kappa shape index (κ3) is 3.44. The summed E-state index contributed by atoms with van der Waals surface area (Å²) in [5.41, 5.74) is 6.66. The Bertz CT molecular complexity index is 498. The van der Waals surface area contributed by atoms with Crippen molar-refractivity contribution in [3.8, 4) is 6.07 Å². The number of ether oxygens (including phenoxy) is 1. The molecule has 1 aromatic carbocycles. The lowest BCUT2D eigenvalue weighted by Crippen LogP contribution is -2.49. The van der Waals surface area contributed by atoms with Crippen LogP contribution in [0.15, 0.2) is 24.3 Å². The molecule has 1 aliphatic heterocycles. The fourth-order valence-corrected chi connectivity index (χ4v) is 1.92. The van der Waals surface area contributed by atoms with Crippen LogP contribution in [0.25, 0.3) is 0 Å². The second-order valence-electron chi connectivity index (χ2n) is 4.30. The second kappa shape index (κ2) is 6.18. The van der Waals surface area contributed by atoms with E-state index in [1.807, 2.05) is 6.07 Å². The average molecular weight is 260 g/mol. The van der Waals surface area contributed by atoms with Crippen LogP contribution < -0.4 is 11.1 Å². The first-order chi connectivity index (χ1) is 9.22. The maximum Gasteiger partial charge on any atom is 0.322 e. The van der Waals surface area contributed by atoms with E-state index in [9.17, 15) is 4.79 Å². The Morgan fingerprint density at radius 2 is 2.47 bits per heavy atom. The number of carbonyl (C=O) groups excluding carboxylic acids is 1. The molecule has 6 heteroatoms. The van der Waals surface area contributed by atoms with Crippen LogP contribution in [0.4, 0.5) is 10.5 Å². The molecule has 100 valence electrons. The Balaban J connectivity index is 1.98. The summed E-state index contributed by atoms with van der Waals surface area (Å²) in [6, 6.07) is 8.65. The number of anilines is 1. The van der Waals surface area contributed by atoms with E-state index < -0.39 is 0 Å². The van der Waals surface area contributed by atoms with Crippen LogP contribution >= 0.6 is 0 Å². The summed E-state index contributed by atoms with van der Waals surface area (Å²) in [6.45, 7) is 1.92. The van der Waals surface area contributed by atoms with E-state index in [0.717, 1.165) is 0 Å². The molecule has 1 atom stereocenters. The van der Waals surface area contributed by atoms with Gasteiger partial charge in [-0.2, -0.15) is 5.26 Å². The first-order valence-electron chi connectivity index (χ1n) is 6.10. The minimum Gasteiger partial charge on any atom is -0.373 e. The van der Waals surface area contributed by atoms with E-state index >= 15 is 0 Å². The fourth-order valence-electron chi connectivity index (χ4n) is 1.92. The molecule has 3 N–H and O–H groups in total. The predicted octanol–water partition coefficient (Wildman–Crippen LogP) is 0.750. The van der Waals surface area contributed by atoms with Crippen LogP contribution in [0.2, 0.25) is 0 Å². The molecule has 0 aromatic heterocycles. The number of rotatable bonds is 2. The van der Waals surface area contributed by atoms with E-state index in [4.69, 9.17) is 15.7 Å². The van der Waals surface area contributed by atoms with Gasteiger partial charge in [-0.15, -0.1) is 0 Å². The standard InChI is InChI=1S/C13H16N4O2/c14-7-10-2-1-3-11(6-10)16-13(18)17-4-5-19-12(8-15)9-17/h1-3,6,12H,4-5,8-9,15H2,(H,16,18). The molecule has 0 saturated carbocycles. The lowest BCUT2D eigenvalue weighted by Gasteiger charge is -2.32. The molecule has 1 unspecified atom stereocenters. The second-order valence-corrected chi connectivity index (χ2v) is 4.30. The summed E-state index contributed by atoms with van der Waals surface area (Å²) < 4.78 is 5.40. The van der Waals surface area contributed by atoms with E-state index in [1.54, 1.807) is 29.2 Å². The van der Waals surface area contributed by atoms with Gasteiger partial charge in [-0.3, -0.25) is 0 Å². The van der Waals surface area contributed by atoms with Crippen LogP contribution in [0, 0.1) is 11.3 Å². The van der Waals surface area contributed by atoms with Crippen molar-refractivity contribution in [1.29, 1.82) is 5.26 Å². The smallest absolute Gasteiger partial charge is 0.322 e. The molecular formula is C13H16N4O2. The third-order valence-corrected chi connectivity index (χ3v) is 2.93. The Morgan fingerprint density at radius 1 is 1.63 bits per heavy atom. The largest absolute Gasteiger partial charge is 0.373 e. The normalized spacial score (nSPS) is 18.7. The van der Waals surface area contributed by atoms with E-state index in [1.165, 1.54) is 0 Å². The van der Waals surface area contributed by atoms with Gasteiger partial charge in [0.25, 0.3) is 0 Å². The van der Waals surface area contributed by atoms with Gasteiger partial charge >= 0.3 is 6.03 Å². The van der Waals surface area contributed by atoms with Crippen molar-refractivity contribution in [1.82, 2.24) is 4.90 Å². The number of benzene rings is 1. The lowest BCUT2D eigenvalue weighted by molar-refractivity contribution is -0.00660. The quantitative estimate of drug-likeness (QED) is 0.820. The van der Waals surface area contributed by atoms with Gasteiger partial charge in [0.1, 0.15) is 0 Å². The summed E-state index contributed by atoms with van der Waals surface area (Å²) in [5, 5.41) is 11.6. The van der Waals surface area contributed by atoms with Crippen molar-refractivity contribution in [3.05, 3.63) is 29.8 Å². The molecule has 6 nitrogen and oxygen atoms in total. The van der Waals surface area contributed by atoms with Crippen molar-refractivity contribution >= 4 is 11.7 Å². The number of amides is 2. The van der Waals surface area contributed by atoms with E-state index in [0.29, 0.717) is 37.5 Å². The molecule has 19 heavy (non-hydrogen) atoms. The minimum absolute atomic E-state index is 0.107. The van der Waals surface area contributed by atoms with Gasteiger partial charge in [-0.05, 0) is 18.2 Å². The zero-order valence-corrected chi connectivity index (χ0v) is 10.5. The summed E-state index contributed by atoms with van der Waals surface area (Å²) in [5.74, 6) is 0. The molecule has 1 heterocycles. The molecule has 0 spiro atoms. The molecular weight excluding hydrogens is 244 g/mol.